The maximum Gasteiger partial charge on any atom is 0.262 e. The lowest BCUT2D eigenvalue weighted by atomic mass is 10.1. The molecule has 0 aliphatic rings. The summed E-state index contributed by atoms with van der Waals surface area (Å²) in [5, 5.41) is 9.41. The summed E-state index contributed by atoms with van der Waals surface area (Å²) in [6, 6.07) is 20.6. The SMILES string of the molecule is NS(=O)(=O)c1ccc(CCNC(=O)CSc2nc3ccccc3c(=O)n2Cc2ccccc2Cl)cc1. The number of thioether (sulfide) groups is 1. The molecule has 0 radical (unpaired) electrons. The smallest absolute Gasteiger partial charge is 0.262 e. The molecule has 0 saturated heterocycles. The number of sulfonamides is 1. The van der Waals surface area contributed by atoms with Crippen LogP contribution in [0.2, 0.25) is 5.02 Å². The molecule has 0 bridgehead atoms. The van der Waals surface area contributed by atoms with E-state index in [0.717, 1.165) is 11.1 Å². The molecule has 1 amide bonds. The lowest BCUT2D eigenvalue weighted by Gasteiger charge is -2.14. The van der Waals surface area contributed by atoms with Crippen molar-refractivity contribution in [1.29, 1.82) is 0 Å². The van der Waals surface area contributed by atoms with Gasteiger partial charge in [-0.25, -0.2) is 18.5 Å². The number of rotatable bonds is 9. The highest BCUT2D eigenvalue weighted by Gasteiger charge is 2.15. The van der Waals surface area contributed by atoms with Gasteiger partial charge in [0.15, 0.2) is 5.16 Å². The molecule has 186 valence electrons. The highest BCUT2D eigenvalue weighted by atomic mass is 35.5. The first-order valence-corrected chi connectivity index (χ1v) is 13.9. The van der Waals surface area contributed by atoms with E-state index in [9.17, 15) is 18.0 Å². The van der Waals surface area contributed by atoms with Crippen molar-refractivity contribution in [1.82, 2.24) is 14.9 Å². The number of fused-ring (bicyclic) bond motifs is 1. The summed E-state index contributed by atoms with van der Waals surface area (Å²) in [5.41, 5.74) is 1.99. The van der Waals surface area contributed by atoms with E-state index in [0.29, 0.717) is 34.0 Å². The predicted octanol–water partition coefficient (Wildman–Crippen LogP) is 3.20. The van der Waals surface area contributed by atoms with Gasteiger partial charge in [-0.05, 0) is 47.9 Å². The minimum Gasteiger partial charge on any atom is -0.355 e. The summed E-state index contributed by atoms with van der Waals surface area (Å²) in [5.74, 6) is -0.148. The van der Waals surface area contributed by atoms with Gasteiger partial charge in [-0.1, -0.05) is 65.8 Å². The number of amides is 1. The molecule has 4 aromatic rings. The highest BCUT2D eigenvalue weighted by Crippen LogP contribution is 2.21. The van der Waals surface area contributed by atoms with Gasteiger partial charge in [-0.15, -0.1) is 0 Å². The van der Waals surface area contributed by atoms with E-state index in [4.69, 9.17) is 16.7 Å². The van der Waals surface area contributed by atoms with Crippen LogP contribution in [0.5, 0.6) is 0 Å². The van der Waals surface area contributed by atoms with Crippen LogP contribution in [0.15, 0.2) is 87.6 Å². The Hall–Kier alpha value is -3.18. The normalized spacial score (nSPS) is 11.5. The molecular formula is C25H23ClN4O4S2. The number of hydrogen-bond acceptors (Lipinski definition) is 6. The average molecular weight is 543 g/mol. The Morgan fingerprint density at radius 1 is 1.03 bits per heavy atom. The first-order valence-electron chi connectivity index (χ1n) is 11.0. The van der Waals surface area contributed by atoms with E-state index >= 15 is 0 Å². The van der Waals surface area contributed by atoms with Crippen LogP contribution >= 0.6 is 23.4 Å². The molecule has 0 aliphatic heterocycles. The number of nitrogens with zero attached hydrogens (tertiary/aromatic N) is 2. The minimum atomic E-state index is -3.74. The number of halogens is 1. The molecule has 0 atom stereocenters. The second-order valence-corrected chi connectivity index (χ2v) is 10.9. The van der Waals surface area contributed by atoms with Gasteiger partial charge >= 0.3 is 0 Å². The van der Waals surface area contributed by atoms with E-state index < -0.39 is 10.0 Å². The van der Waals surface area contributed by atoms with Crippen LogP contribution in [0.4, 0.5) is 0 Å². The largest absolute Gasteiger partial charge is 0.355 e. The van der Waals surface area contributed by atoms with E-state index in [1.165, 1.54) is 28.5 Å². The Morgan fingerprint density at radius 3 is 2.44 bits per heavy atom. The molecule has 1 heterocycles. The van der Waals surface area contributed by atoms with Crippen LogP contribution < -0.4 is 16.0 Å². The Labute approximate surface area is 217 Å². The minimum absolute atomic E-state index is 0.0393. The molecule has 0 fully saturated rings. The third kappa shape index (κ3) is 6.33. The molecule has 8 nitrogen and oxygen atoms in total. The molecule has 3 aromatic carbocycles. The van der Waals surface area contributed by atoms with Gasteiger partial charge in [0.05, 0.1) is 28.1 Å². The number of hydrogen-bond donors (Lipinski definition) is 2. The Balaban J connectivity index is 1.44. The van der Waals surface area contributed by atoms with Gasteiger partial charge in [0, 0.05) is 11.6 Å². The van der Waals surface area contributed by atoms with Crippen molar-refractivity contribution in [2.45, 2.75) is 23.0 Å². The maximum absolute atomic E-state index is 13.2. The summed E-state index contributed by atoms with van der Waals surface area (Å²) in [4.78, 5) is 30.4. The first-order chi connectivity index (χ1) is 17.2. The number of para-hydroxylation sites is 1. The van der Waals surface area contributed by atoms with Gasteiger partial charge < -0.3 is 5.32 Å². The van der Waals surface area contributed by atoms with Crippen molar-refractivity contribution in [2.24, 2.45) is 5.14 Å². The zero-order valence-corrected chi connectivity index (χ0v) is 21.4. The lowest BCUT2D eigenvalue weighted by molar-refractivity contribution is -0.118. The number of carbonyl (C=O) groups excluding carboxylic acids is 1. The van der Waals surface area contributed by atoms with Crippen molar-refractivity contribution >= 4 is 50.2 Å². The van der Waals surface area contributed by atoms with Crippen molar-refractivity contribution in [3.05, 3.63) is 99.3 Å². The highest BCUT2D eigenvalue weighted by molar-refractivity contribution is 7.99. The fourth-order valence-corrected chi connectivity index (χ4v) is 5.11. The molecule has 36 heavy (non-hydrogen) atoms. The molecule has 1 aromatic heterocycles. The molecule has 0 aliphatic carbocycles. The zero-order chi connectivity index (χ0) is 25.7. The Kier molecular flexibility index (Phi) is 8.10. The van der Waals surface area contributed by atoms with Crippen molar-refractivity contribution in [2.75, 3.05) is 12.3 Å². The molecule has 3 N–H and O–H groups in total. The summed E-state index contributed by atoms with van der Waals surface area (Å²) in [6.45, 7) is 0.598. The third-order valence-electron chi connectivity index (χ3n) is 5.43. The van der Waals surface area contributed by atoms with Crippen molar-refractivity contribution < 1.29 is 13.2 Å². The fourth-order valence-electron chi connectivity index (χ4n) is 3.57. The standard InChI is InChI=1S/C25H23ClN4O4S2/c26-21-7-3-1-5-18(21)15-30-24(32)20-6-2-4-8-22(20)29-25(30)35-16-23(31)28-14-13-17-9-11-19(12-10-17)36(27,33)34/h1-12H,13-16H2,(H,28,31)(H2,27,33,34). The van der Waals surface area contributed by atoms with Crippen molar-refractivity contribution in [3.8, 4) is 0 Å². The summed E-state index contributed by atoms with van der Waals surface area (Å²) >= 11 is 7.50. The summed E-state index contributed by atoms with van der Waals surface area (Å²) < 4.78 is 24.3. The number of benzene rings is 3. The average Bonchev–Trinajstić information content (AvgIpc) is 2.85. The number of nitrogens with two attached hydrogens (primary N) is 1. The number of aromatic nitrogens is 2. The molecule has 0 saturated carbocycles. The quantitative estimate of drug-likeness (QED) is 0.247. The summed E-state index contributed by atoms with van der Waals surface area (Å²) in [6.07, 6.45) is 0.521. The van der Waals surface area contributed by atoms with Gasteiger partial charge in [0.25, 0.3) is 5.56 Å². The predicted molar refractivity (Wildman–Crippen MR) is 142 cm³/mol. The molecular weight excluding hydrogens is 520 g/mol. The van der Waals surface area contributed by atoms with Crippen LogP contribution in [0.25, 0.3) is 10.9 Å². The van der Waals surface area contributed by atoms with Crippen LogP contribution in [-0.4, -0.2) is 36.2 Å². The van der Waals surface area contributed by atoms with Crippen LogP contribution in [0, 0.1) is 0 Å². The van der Waals surface area contributed by atoms with E-state index in [-0.39, 0.29) is 28.7 Å². The second kappa shape index (κ2) is 11.3. The molecule has 0 unspecified atom stereocenters. The van der Waals surface area contributed by atoms with Crippen LogP contribution in [0.1, 0.15) is 11.1 Å². The topological polar surface area (TPSA) is 124 Å². The van der Waals surface area contributed by atoms with E-state index in [1.54, 1.807) is 36.4 Å². The third-order valence-corrected chi connectivity index (χ3v) is 7.71. The zero-order valence-electron chi connectivity index (χ0n) is 19.1. The van der Waals surface area contributed by atoms with Gasteiger partial charge in [-0.2, -0.15) is 0 Å². The van der Waals surface area contributed by atoms with Crippen LogP contribution in [0.3, 0.4) is 0 Å². The number of carbonyl (C=O) groups is 1. The van der Waals surface area contributed by atoms with Gasteiger partial charge in [0.2, 0.25) is 15.9 Å². The molecule has 11 heteroatoms. The van der Waals surface area contributed by atoms with Crippen molar-refractivity contribution in [3.63, 3.8) is 0 Å². The van der Waals surface area contributed by atoms with Gasteiger partial charge in [-0.3, -0.25) is 14.2 Å². The Morgan fingerprint density at radius 2 is 1.72 bits per heavy atom. The fraction of sp³-hybridized carbons (Fsp3) is 0.160. The summed E-state index contributed by atoms with van der Waals surface area (Å²) in [7, 11) is -3.74. The van der Waals surface area contributed by atoms with Gasteiger partial charge in [0.1, 0.15) is 0 Å². The number of nitrogens with one attached hydrogen (secondary N) is 1. The van der Waals surface area contributed by atoms with E-state index in [2.05, 4.69) is 10.3 Å². The number of primary sulfonamides is 1. The maximum atomic E-state index is 13.2. The molecule has 0 spiro atoms. The lowest BCUT2D eigenvalue weighted by Crippen LogP contribution is -2.28. The van der Waals surface area contributed by atoms with E-state index in [1.807, 2.05) is 24.3 Å². The Bertz CT molecular complexity index is 1570. The van der Waals surface area contributed by atoms with Crippen LogP contribution in [-0.2, 0) is 27.8 Å². The monoisotopic (exact) mass is 542 g/mol. The second-order valence-electron chi connectivity index (χ2n) is 7.97. The first kappa shape index (κ1) is 25.9. The molecule has 4 rings (SSSR count).